The number of aromatic nitrogens is 1. The van der Waals surface area contributed by atoms with Crippen LogP contribution in [0.3, 0.4) is 0 Å². The third kappa shape index (κ3) is 3.28. The summed E-state index contributed by atoms with van der Waals surface area (Å²) in [6.07, 6.45) is 3.94. The van der Waals surface area contributed by atoms with Gasteiger partial charge in [-0.25, -0.2) is 0 Å². The van der Waals surface area contributed by atoms with Crippen molar-refractivity contribution in [3.63, 3.8) is 0 Å². The zero-order chi connectivity index (χ0) is 14.7. The molecular formula is C15H23N3O2. The molecule has 1 saturated heterocycles. The summed E-state index contributed by atoms with van der Waals surface area (Å²) in [4.78, 5) is 28.1. The lowest BCUT2D eigenvalue weighted by Gasteiger charge is -2.31. The number of likely N-dealkylation sites (tertiary alicyclic amines) is 1. The van der Waals surface area contributed by atoms with Gasteiger partial charge >= 0.3 is 0 Å². The third-order valence-corrected chi connectivity index (χ3v) is 4.16. The van der Waals surface area contributed by atoms with Gasteiger partial charge in [0.05, 0.1) is 6.04 Å². The van der Waals surface area contributed by atoms with Crippen molar-refractivity contribution in [1.82, 2.24) is 15.2 Å². The van der Waals surface area contributed by atoms with Gasteiger partial charge in [0.25, 0.3) is 0 Å². The van der Waals surface area contributed by atoms with Crippen molar-refractivity contribution in [2.75, 3.05) is 0 Å². The highest BCUT2D eigenvalue weighted by atomic mass is 16.2. The first kappa shape index (κ1) is 14.8. The largest absolute Gasteiger partial charge is 0.351 e. The number of rotatable bonds is 4. The molecule has 1 aromatic rings. The van der Waals surface area contributed by atoms with Gasteiger partial charge < -0.3 is 10.3 Å². The van der Waals surface area contributed by atoms with Crippen molar-refractivity contribution in [3.8, 4) is 0 Å². The lowest BCUT2D eigenvalue weighted by Crippen LogP contribution is -2.48. The average molecular weight is 277 g/mol. The zero-order valence-corrected chi connectivity index (χ0v) is 12.3. The molecule has 110 valence electrons. The Labute approximate surface area is 119 Å². The topological polar surface area (TPSA) is 65.2 Å². The Kier molecular flexibility index (Phi) is 4.60. The highest BCUT2D eigenvalue weighted by molar-refractivity contribution is 5.81. The van der Waals surface area contributed by atoms with E-state index in [1.165, 1.54) is 6.07 Å². The van der Waals surface area contributed by atoms with Gasteiger partial charge in [0.15, 0.2) is 0 Å². The first-order chi connectivity index (χ1) is 9.49. The fourth-order valence-corrected chi connectivity index (χ4v) is 3.00. The number of hydrogen-bond donors (Lipinski definition) is 2. The molecule has 1 aromatic heterocycles. The number of nitrogens with zero attached hydrogens (tertiary/aromatic N) is 1. The summed E-state index contributed by atoms with van der Waals surface area (Å²) in [6.45, 7) is 6.75. The zero-order valence-electron chi connectivity index (χ0n) is 12.3. The highest BCUT2D eigenvalue weighted by Crippen LogP contribution is 2.25. The summed E-state index contributed by atoms with van der Waals surface area (Å²) >= 11 is 0. The molecule has 0 aliphatic carbocycles. The van der Waals surface area contributed by atoms with Crippen LogP contribution in [-0.4, -0.2) is 33.9 Å². The van der Waals surface area contributed by atoms with Crippen LogP contribution >= 0.6 is 0 Å². The van der Waals surface area contributed by atoms with Gasteiger partial charge in [-0.3, -0.25) is 14.5 Å². The summed E-state index contributed by atoms with van der Waals surface area (Å²) in [5.74, 6) is 0.0387. The molecule has 1 aliphatic heterocycles. The first-order valence-electron chi connectivity index (χ1n) is 7.22. The Balaban J connectivity index is 1.91. The van der Waals surface area contributed by atoms with E-state index in [4.69, 9.17) is 0 Å². The lowest BCUT2D eigenvalue weighted by molar-refractivity contribution is -0.127. The molecule has 1 fully saturated rings. The molecule has 5 nitrogen and oxygen atoms in total. The van der Waals surface area contributed by atoms with E-state index in [0.717, 1.165) is 18.4 Å². The molecule has 2 rings (SSSR count). The van der Waals surface area contributed by atoms with Crippen LogP contribution in [-0.2, 0) is 11.3 Å². The van der Waals surface area contributed by atoms with E-state index in [0.29, 0.717) is 18.6 Å². The maximum absolute atomic E-state index is 12.2. The molecule has 3 atom stereocenters. The Morgan fingerprint density at radius 3 is 2.60 bits per heavy atom. The second-order valence-corrected chi connectivity index (χ2v) is 5.68. The van der Waals surface area contributed by atoms with Gasteiger partial charge in [0.1, 0.15) is 0 Å². The van der Waals surface area contributed by atoms with Gasteiger partial charge in [-0.1, -0.05) is 6.07 Å². The van der Waals surface area contributed by atoms with Crippen molar-refractivity contribution in [2.24, 2.45) is 0 Å². The van der Waals surface area contributed by atoms with Crippen LogP contribution in [0, 0.1) is 0 Å². The summed E-state index contributed by atoms with van der Waals surface area (Å²) in [5.41, 5.74) is 0.765. The molecule has 0 unspecified atom stereocenters. The molecule has 0 spiro atoms. The van der Waals surface area contributed by atoms with Gasteiger partial charge in [-0.05, 0) is 39.2 Å². The van der Waals surface area contributed by atoms with E-state index < -0.39 is 0 Å². The molecular weight excluding hydrogens is 254 g/mol. The van der Waals surface area contributed by atoms with Crippen LogP contribution in [0.5, 0.6) is 0 Å². The summed E-state index contributed by atoms with van der Waals surface area (Å²) in [7, 11) is 0. The SMILES string of the molecule is C[C@@H]1CC[C@H](C)N1[C@@H](C)C(=O)NCc1ccc(=O)[nH]c1. The van der Waals surface area contributed by atoms with Crippen molar-refractivity contribution in [2.45, 2.75) is 58.3 Å². The summed E-state index contributed by atoms with van der Waals surface area (Å²) in [5, 5.41) is 2.93. The van der Waals surface area contributed by atoms with E-state index in [-0.39, 0.29) is 17.5 Å². The number of H-pyrrole nitrogens is 1. The molecule has 1 amide bonds. The number of aromatic amines is 1. The third-order valence-electron chi connectivity index (χ3n) is 4.16. The number of carbonyl (C=O) groups excluding carboxylic acids is 1. The van der Waals surface area contributed by atoms with Crippen molar-refractivity contribution >= 4 is 5.91 Å². The van der Waals surface area contributed by atoms with Crippen molar-refractivity contribution in [1.29, 1.82) is 0 Å². The Morgan fingerprint density at radius 2 is 2.05 bits per heavy atom. The van der Waals surface area contributed by atoms with Crippen LogP contribution in [0.2, 0.25) is 0 Å². The van der Waals surface area contributed by atoms with Gasteiger partial charge in [0.2, 0.25) is 11.5 Å². The monoisotopic (exact) mass is 277 g/mol. The maximum Gasteiger partial charge on any atom is 0.247 e. The fourth-order valence-electron chi connectivity index (χ4n) is 3.00. The molecule has 2 N–H and O–H groups in total. The second kappa shape index (κ2) is 6.22. The van der Waals surface area contributed by atoms with Crippen molar-refractivity contribution in [3.05, 3.63) is 34.2 Å². The average Bonchev–Trinajstić information content (AvgIpc) is 2.76. The van der Waals surface area contributed by atoms with E-state index >= 15 is 0 Å². The number of hydrogen-bond acceptors (Lipinski definition) is 3. The van der Waals surface area contributed by atoms with E-state index in [9.17, 15) is 9.59 Å². The molecule has 2 heterocycles. The Hall–Kier alpha value is -1.62. The molecule has 0 bridgehead atoms. The minimum absolute atomic E-state index is 0.0387. The van der Waals surface area contributed by atoms with Crippen LogP contribution in [0.1, 0.15) is 39.2 Å². The maximum atomic E-state index is 12.2. The van der Waals surface area contributed by atoms with Crippen molar-refractivity contribution < 1.29 is 4.79 Å². The predicted octanol–water partition coefficient (Wildman–Crippen LogP) is 1.25. The van der Waals surface area contributed by atoms with E-state index in [1.807, 2.05) is 6.92 Å². The van der Waals surface area contributed by atoms with Gasteiger partial charge in [0, 0.05) is 30.9 Å². The number of amides is 1. The standard InChI is InChI=1S/C15H23N3O2/c1-10-4-5-11(2)18(10)12(3)15(20)17-9-13-6-7-14(19)16-8-13/h6-8,10-12H,4-5,9H2,1-3H3,(H,16,19)(H,17,20)/t10-,11+,12-/m0/s1. The molecule has 1 aliphatic rings. The minimum Gasteiger partial charge on any atom is -0.351 e. The molecule has 20 heavy (non-hydrogen) atoms. The quantitative estimate of drug-likeness (QED) is 0.870. The number of pyridine rings is 1. The predicted molar refractivity (Wildman–Crippen MR) is 78.4 cm³/mol. The van der Waals surface area contributed by atoms with E-state index in [2.05, 4.69) is 29.0 Å². The Bertz CT molecular complexity index is 496. The molecule has 5 heteroatoms. The normalized spacial score (nSPS) is 24.6. The van der Waals surface area contributed by atoms with Gasteiger partial charge in [-0.2, -0.15) is 0 Å². The van der Waals surface area contributed by atoms with Crippen LogP contribution in [0.25, 0.3) is 0 Å². The minimum atomic E-state index is -0.131. The number of carbonyl (C=O) groups is 1. The number of nitrogens with one attached hydrogen (secondary N) is 2. The summed E-state index contributed by atoms with van der Waals surface area (Å²) < 4.78 is 0. The smallest absolute Gasteiger partial charge is 0.247 e. The van der Waals surface area contributed by atoms with Crippen LogP contribution < -0.4 is 10.9 Å². The molecule has 0 saturated carbocycles. The first-order valence-corrected chi connectivity index (χ1v) is 7.22. The fraction of sp³-hybridized carbons (Fsp3) is 0.600. The van der Waals surface area contributed by atoms with Crippen LogP contribution in [0.4, 0.5) is 0 Å². The Morgan fingerprint density at radius 1 is 1.40 bits per heavy atom. The van der Waals surface area contributed by atoms with Crippen LogP contribution in [0.15, 0.2) is 23.1 Å². The lowest BCUT2D eigenvalue weighted by atomic mass is 10.2. The molecule has 0 radical (unpaired) electrons. The highest BCUT2D eigenvalue weighted by Gasteiger charge is 2.34. The second-order valence-electron chi connectivity index (χ2n) is 5.68. The molecule has 0 aromatic carbocycles. The van der Waals surface area contributed by atoms with Gasteiger partial charge in [-0.15, -0.1) is 0 Å². The van der Waals surface area contributed by atoms with E-state index in [1.54, 1.807) is 12.3 Å². The summed E-state index contributed by atoms with van der Waals surface area (Å²) in [6, 6.07) is 3.99.